The summed E-state index contributed by atoms with van der Waals surface area (Å²) in [5.41, 5.74) is 0.222. The van der Waals surface area contributed by atoms with Crippen molar-refractivity contribution in [1.29, 1.82) is 0 Å². The molecule has 1 atom stereocenters. The van der Waals surface area contributed by atoms with E-state index in [1.54, 1.807) is 18.2 Å². The van der Waals surface area contributed by atoms with E-state index in [1.807, 2.05) is 0 Å². The van der Waals surface area contributed by atoms with Gasteiger partial charge >= 0.3 is 0 Å². The Morgan fingerprint density at radius 1 is 1.37 bits per heavy atom. The van der Waals surface area contributed by atoms with Crippen LogP contribution in [0.25, 0.3) is 11.4 Å². The van der Waals surface area contributed by atoms with E-state index in [1.165, 1.54) is 6.07 Å². The van der Waals surface area contributed by atoms with E-state index in [9.17, 15) is 4.39 Å². The van der Waals surface area contributed by atoms with Gasteiger partial charge in [0.15, 0.2) is 0 Å². The fraction of sp³-hybridized carbons (Fsp3) is 0.429. The third-order valence-electron chi connectivity index (χ3n) is 3.65. The highest BCUT2D eigenvalue weighted by atomic mass is 19.1. The second kappa shape index (κ2) is 4.74. The number of nitrogens with one attached hydrogen (secondary N) is 1. The molecule has 1 aromatic heterocycles. The zero-order chi connectivity index (χ0) is 13.3. The van der Waals surface area contributed by atoms with Gasteiger partial charge in [0.2, 0.25) is 11.7 Å². The highest BCUT2D eigenvalue weighted by Crippen LogP contribution is 2.31. The van der Waals surface area contributed by atoms with Crippen LogP contribution in [0.5, 0.6) is 0 Å². The van der Waals surface area contributed by atoms with E-state index in [-0.39, 0.29) is 11.2 Å². The standard InChI is InChI=1S/C14H16FN3O/c1-14(7-4-8-16-9-14)13-17-12(18-19-13)10-5-2-3-6-11(10)15/h2-3,5-6,16H,4,7-9H2,1H3. The zero-order valence-corrected chi connectivity index (χ0v) is 10.8. The topological polar surface area (TPSA) is 51.0 Å². The fourth-order valence-corrected chi connectivity index (χ4v) is 2.46. The van der Waals surface area contributed by atoms with Crippen LogP contribution in [0.15, 0.2) is 28.8 Å². The van der Waals surface area contributed by atoms with Gasteiger partial charge in [0, 0.05) is 6.54 Å². The lowest BCUT2D eigenvalue weighted by Crippen LogP contribution is -2.41. The molecule has 0 spiro atoms. The molecule has 19 heavy (non-hydrogen) atoms. The fourth-order valence-electron chi connectivity index (χ4n) is 2.46. The summed E-state index contributed by atoms with van der Waals surface area (Å²) in [6.07, 6.45) is 2.08. The monoisotopic (exact) mass is 261 g/mol. The van der Waals surface area contributed by atoms with E-state index < -0.39 is 0 Å². The minimum Gasteiger partial charge on any atom is -0.338 e. The number of hydrogen-bond acceptors (Lipinski definition) is 4. The van der Waals surface area contributed by atoms with Crippen LogP contribution in [0.1, 0.15) is 25.7 Å². The van der Waals surface area contributed by atoms with Gasteiger partial charge in [-0.25, -0.2) is 4.39 Å². The Morgan fingerprint density at radius 3 is 2.95 bits per heavy atom. The Balaban J connectivity index is 1.93. The van der Waals surface area contributed by atoms with Crippen molar-refractivity contribution < 1.29 is 8.91 Å². The molecule has 100 valence electrons. The molecule has 2 heterocycles. The van der Waals surface area contributed by atoms with Crippen LogP contribution in [0.3, 0.4) is 0 Å². The smallest absolute Gasteiger partial charge is 0.234 e. The predicted molar refractivity (Wildman–Crippen MR) is 69.1 cm³/mol. The quantitative estimate of drug-likeness (QED) is 0.902. The molecule has 2 aromatic rings. The number of piperidine rings is 1. The molecule has 0 radical (unpaired) electrons. The normalized spacial score (nSPS) is 23.5. The van der Waals surface area contributed by atoms with Gasteiger partial charge in [0.25, 0.3) is 0 Å². The molecule has 0 bridgehead atoms. The minimum absolute atomic E-state index is 0.158. The number of hydrogen-bond donors (Lipinski definition) is 1. The van der Waals surface area contributed by atoms with E-state index >= 15 is 0 Å². The Bertz CT molecular complexity index is 576. The molecule has 1 aromatic carbocycles. The summed E-state index contributed by atoms with van der Waals surface area (Å²) in [5.74, 6) is 0.569. The second-order valence-corrected chi connectivity index (χ2v) is 5.24. The van der Waals surface area contributed by atoms with Crippen molar-refractivity contribution in [2.75, 3.05) is 13.1 Å². The third-order valence-corrected chi connectivity index (χ3v) is 3.65. The van der Waals surface area contributed by atoms with E-state index in [2.05, 4.69) is 22.4 Å². The molecule has 4 nitrogen and oxygen atoms in total. The average Bonchev–Trinajstić information content (AvgIpc) is 2.90. The third kappa shape index (κ3) is 2.26. The van der Waals surface area contributed by atoms with Gasteiger partial charge in [-0.3, -0.25) is 0 Å². The molecule has 0 aliphatic carbocycles. The maximum Gasteiger partial charge on any atom is 0.234 e. The average molecular weight is 261 g/mol. The molecule has 1 aliphatic heterocycles. The maximum atomic E-state index is 13.7. The Morgan fingerprint density at radius 2 is 2.21 bits per heavy atom. The number of benzene rings is 1. The van der Waals surface area contributed by atoms with E-state index in [4.69, 9.17) is 4.52 Å². The lowest BCUT2D eigenvalue weighted by Gasteiger charge is -2.30. The number of halogens is 1. The summed E-state index contributed by atoms with van der Waals surface area (Å²) < 4.78 is 19.0. The Hall–Kier alpha value is -1.75. The SMILES string of the molecule is CC1(c2nc(-c3ccccc3F)no2)CCCNC1. The summed E-state index contributed by atoms with van der Waals surface area (Å²) in [4.78, 5) is 4.38. The molecule has 1 N–H and O–H groups in total. The lowest BCUT2D eigenvalue weighted by atomic mass is 9.83. The van der Waals surface area contributed by atoms with Crippen LogP contribution < -0.4 is 5.32 Å². The summed E-state index contributed by atoms with van der Waals surface area (Å²) >= 11 is 0. The second-order valence-electron chi connectivity index (χ2n) is 5.24. The van der Waals surface area contributed by atoms with Gasteiger partial charge in [-0.05, 0) is 38.4 Å². The van der Waals surface area contributed by atoms with Crippen LogP contribution in [0, 0.1) is 5.82 Å². The van der Waals surface area contributed by atoms with Gasteiger partial charge in [-0.15, -0.1) is 0 Å². The van der Waals surface area contributed by atoms with Gasteiger partial charge in [-0.2, -0.15) is 4.98 Å². The molecule has 1 aliphatic rings. The predicted octanol–water partition coefficient (Wildman–Crippen LogP) is 2.52. The number of aromatic nitrogens is 2. The van der Waals surface area contributed by atoms with Crippen LogP contribution >= 0.6 is 0 Å². The van der Waals surface area contributed by atoms with Gasteiger partial charge in [0.05, 0.1) is 11.0 Å². The van der Waals surface area contributed by atoms with Crippen LogP contribution in [-0.2, 0) is 5.41 Å². The van der Waals surface area contributed by atoms with Crippen molar-refractivity contribution in [2.45, 2.75) is 25.2 Å². The first-order chi connectivity index (χ1) is 9.19. The van der Waals surface area contributed by atoms with Crippen LogP contribution in [-0.4, -0.2) is 23.2 Å². The molecule has 0 saturated carbocycles. The molecule has 1 unspecified atom stereocenters. The minimum atomic E-state index is -0.332. The van der Waals surface area contributed by atoms with Crippen LogP contribution in [0.2, 0.25) is 0 Å². The number of rotatable bonds is 2. The molecule has 3 rings (SSSR count). The lowest BCUT2D eigenvalue weighted by molar-refractivity contribution is 0.245. The van der Waals surface area contributed by atoms with Gasteiger partial charge in [0.1, 0.15) is 5.82 Å². The highest BCUT2D eigenvalue weighted by Gasteiger charge is 2.34. The molecule has 1 fully saturated rings. The molecule has 1 saturated heterocycles. The Labute approximate surface area is 111 Å². The van der Waals surface area contributed by atoms with E-state index in [0.29, 0.717) is 17.3 Å². The van der Waals surface area contributed by atoms with Gasteiger partial charge in [-0.1, -0.05) is 17.3 Å². The number of nitrogens with zero attached hydrogens (tertiary/aromatic N) is 2. The van der Waals surface area contributed by atoms with Crippen molar-refractivity contribution in [3.8, 4) is 11.4 Å². The molecule has 5 heteroatoms. The highest BCUT2D eigenvalue weighted by molar-refractivity contribution is 5.54. The summed E-state index contributed by atoms with van der Waals surface area (Å²) in [6.45, 7) is 3.92. The first-order valence-electron chi connectivity index (χ1n) is 6.49. The summed E-state index contributed by atoms with van der Waals surface area (Å²) in [5, 5.41) is 7.25. The van der Waals surface area contributed by atoms with Crippen LogP contribution in [0.4, 0.5) is 4.39 Å². The first kappa shape index (κ1) is 12.3. The Kier molecular flexibility index (Phi) is 3.06. The molecular weight excluding hydrogens is 245 g/mol. The van der Waals surface area contributed by atoms with Crippen molar-refractivity contribution in [3.05, 3.63) is 36.0 Å². The zero-order valence-electron chi connectivity index (χ0n) is 10.8. The molecule has 0 amide bonds. The maximum absolute atomic E-state index is 13.7. The van der Waals surface area contributed by atoms with Crippen molar-refractivity contribution in [1.82, 2.24) is 15.5 Å². The van der Waals surface area contributed by atoms with Gasteiger partial charge < -0.3 is 9.84 Å². The summed E-state index contributed by atoms with van der Waals surface area (Å²) in [6, 6.07) is 6.46. The van der Waals surface area contributed by atoms with Crippen molar-refractivity contribution in [3.63, 3.8) is 0 Å². The van der Waals surface area contributed by atoms with E-state index in [0.717, 1.165) is 25.9 Å². The largest absolute Gasteiger partial charge is 0.338 e. The first-order valence-corrected chi connectivity index (χ1v) is 6.49. The summed E-state index contributed by atoms with van der Waals surface area (Å²) in [7, 11) is 0. The molecular formula is C14H16FN3O. The van der Waals surface area contributed by atoms with Crippen molar-refractivity contribution >= 4 is 0 Å². The van der Waals surface area contributed by atoms with Crippen molar-refractivity contribution in [2.24, 2.45) is 0 Å².